The van der Waals surface area contributed by atoms with E-state index in [1.807, 2.05) is 0 Å². The fourth-order valence-corrected chi connectivity index (χ4v) is 3.62. The molecule has 1 unspecified atom stereocenters. The van der Waals surface area contributed by atoms with Crippen LogP contribution < -0.4 is 5.73 Å². The van der Waals surface area contributed by atoms with Crippen LogP contribution in [-0.2, 0) is 10.3 Å². The second kappa shape index (κ2) is 7.62. The van der Waals surface area contributed by atoms with Crippen molar-refractivity contribution < 1.29 is 18.0 Å². The van der Waals surface area contributed by atoms with E-state index in [2.05, 4.69) is 19.9 Å². The van der Waals surface area contributed by atoms with Gasteiger partial charge in [0.25, 0.3) is 12.3 Å². The zero-order chi connectivity index (χ0) is 22.3. The molecule has 1 aromatic carbocycles. The number of alkyl halides is 2. The highest BCUT2D eigenvalue weighted by molar-refractivity contribution is 6.31. The van der Waals surface area contributed by atoms with Crippen LogP contribution in [0.3, 0.4) is 0 Å². The number of aromatic nitrogens is 3. The van der Waals surface area contributed by atoms with Crippen LogP contribution >= 0.6 is 11.6 Å². The Morgan fingerprint density at radius 3 is 2.35 bits per heavy atom. The highest BCUT2D eigenvalue weighted by Gasteiger charge is 2.50. The zero-order valence-corrected chi connectivity index (χ0v) is 16.7. The van der Waals surface area contributed by atoms with Gasteiger partial charge in [0.1, 0.15) is 0 Å². The normalized spacial score (nSPS) is 18.6. The van der Waals surface area contributed by atoms with Gasteiger partial charge in [-0.2, -0.15) is 4.39 Å². The van der Waals surface area contributed by atoms with E-state index in [1.165, 1.54) is 31.7 Å². The van der Waals surface area contributed by atoms with Crippen molar-refractivity contribution in [2.75, 3.05) is 7.05 Å². The third kappa shape index (κ3) is 3.48. The molecule has 2 N–H and O–H groups in total. The molecule has 3 aromatic rings. The number of carbonyl (C=O) groups is 1. The lowest BCUT2D eigenvalue weighted by molar-refractivity contribution is -0.129. The van der Waals surface area contributed by atoms with Gasteiger partial charge in [0.15, 0.2) is 11.5 Å². The van der Waals surface area contributed by atoms with Crippen molar-refractivity contribution in [3.8, 4) is 11.1 Å². The van der Waals surface area contributed by atoms with Gasteiger partial charge in [-0.3, -0.25) is 14.7 Å². The lowest BCUT2D eigenvalue weighted by Gasteiger charge is -2.27. The number of pyridine rings is 1. The number of nitrogens with zero attached hydrogens (tertiary/aromatic N) is 5. The summed E-state index contributed by atoms with van der Waals surface area (Å²) in [6.07, 6.45) is 1.10. The van der Waals surface area contributed by atoms with Gasteiger partial charge >= 0.3 is 6.08 Å². The molecule has 11 heteroatoms. The highest BCUT2D eigenvalue weighted by Crippen LogP contribution is 2.42. The molecule has 0 saturated heterocycles. The number of amides is 1. The molecule has 0 saturated carbocycles. The second-order valence-corrected chi connectivity index (χ2v) is 7.26. The van der Waals surface area contributed by atoms with E-state index < -0.39 is 23.9 Å². The van der Waals surface area contributed by atoms with E-state index in [4.69, 9.17) is 17.3 Å². The number of carbonyl (C=O) groups excluding carboxylic acids is 1. The summed E-state index contributed by atoms with van der Waals surface area (Å²) >= 11 is 6.31. The first-order valence-electron chi connectivity index (χ1n) is 8.88. The summed E-state index contributed by atoms with van der Waals surface area (Å²) in [7, 11) is 1.42. The molecule has 0 aliphatic carbocycles. The fraction of sp³-hybridized carbons (Fsp3) is 0.150. The van der Waals surface area contributed by atoms with Crippen molar-refractivity contribution in [2.45, 2.75) is 12.0 Å². The summed E-state index contributed by atoms with van der Waals surface area (Å²) in [5.74, 6) is -0.666. The van der Waals surface area contributed by atoms with Crippen LogP contribution in [0.25, 0.3) is 11.1 Å². The van der Waals surface area contributed by atoms with Gasteiger partial charge in [0, 0.05) is 53.5 Å². The van der Waals surface area contributed by atoms with Crippen molar-refractivity contribution in [1.29, 1.82) is 0 Å². The first-order valence-corrected chi connectivity index (χ1v) is 9.26. The molecule has 158 valence electrons. The van der Waals surface area contributed by atoms with Gasteiger partial charge in [-0.15, -0.1) is 0 Å². The average molecular weight is 447 g/mol. The minimum atomic E-state index is -2.80. The van der Waals surface area contributed by atoms with Crippen molar-refractivity contribution >= 4 is 23.5 Å². The van der Waals surface area contributed by atoms with Crippen molar-refractivity contribution in [2.24, 2.45) is 10.7 Å². The minimum absolute atomic E-state index is 0.0981. The number of likely N-dealkylation sites (N-methyl/N-ethyl adjacent to an activating group) is 1. The van der Waals surface area contributed by atoms with Gasteiger partial charge in [-0.1, -0.05) is 11.6 Å². The Hall–Kier alpha value is -3.53. The molecule has 1 atom stereocenters. The predicted octanol–water partition coefficient (Wildman–Crippen LogP) is 3.30. The predicted molar refractivity (Wildman–Crippen MR) is 107 cm³/mol. The van der Waals surface area contributed by atoms with Crippen LogP contribution in [0.1, 0.15) is 23.1 Å². The molecule has 4 rings (SSSR count). The first-order chi connectivity index (χ1) is 14.7. The van der Waals surface area contributed by atoms with Crippen molar-refractivity contribution in [3.05, 3.63) is 76.8 Å². The van der Waals surface area contributed by atoms with E-state index in [9.17, 15) is 18.0 Å². The first kappa shape index (κ1) is 20.7. The Morgan fingerprint density at radius 2 is 1.74 bits per heavy atom. The summed E-state index contributed by atoms with van der Waals surface area (Å²) in [4.78, 5) is 29.7. The van der Waals surface area contributed by atoms with E-state index >= 15 is 0 Å². The van der Waals surface area contributed by atoms with Gasteiger partial charge in [-0.25, -0.2) is 23.7 Å². The molecule has 0 bridgehead atoms. The van der Waals surface area contributed by atoms with Gasteiger partial charge in [0.05, 0.1) is 0 Å². The van der Waals surface area contributed by atoms with Gasteiger partial charge in [-0.05, 0) is 35.4 Å². The number of halogens is 4. The zero-order valence-electron chi connectivity index (χ0n) is 15.9. The average Bonchev–Trinajstić information content (AvgIpc) is 2.99. The maximum atomic E-state index is 13.3. The van der Waals surface area contributed by atoms with Crippen molar-refractivity contribution in [1.82, 2.24) is 19.9 Å². The van der Waals surface area contributed by atoms with Crippen LogP contribution in [0.4, 0.5) is 13.2 Å². The third-order valence-electron chi connectivity index (χ3n) is 4.94. The minimum Gasteiger partial charge on any atom is -0.369 e. The van der Waals surface area contributed by atoms with Gasteiger partial charge < -0.3 is 5.73 Å². The molecule has 1 aliphatic rings. The molecular formula is C20H14ClF3N6O. The summed E-state index contributed by atoms with van der Waals surface area (Å²) in [5.41, 5.74) is 5.03. The lowest BCUT2D eigenvalue weighted by atomic mass is 9.82. The van der Waals surface area contributed by atoms with E-state index in [-0.39, 0.29) is 27.7 Å². The number of guanidine groups is 1. The topological polar surface area (TPSA) is 97.4 Å². The number of benzene rings is 1. The number of rotatable bonds is 4. The standard InChI is InChI=1S/C20H14ClF3N6O/c1-30-17(31)20(29-19(30)25,14-3-11(16(22)23)6-26-9-14)13-2-10(4-15(21)5-13)12-7-27-18(24)28-8-12/h2-9,16H,1H3,(H2,25,29). The van der Waals surface area contributed by atoms with Gasteiger partial charge in [0.2, 0.25) is 0 Å². The molecule has 0 radical (unpaired) electrons. The summed E-state index contributed by atoms with van der Waals surface area (Å²) in [6.45, 7) is 0. The van der Waals surface area contributed by atoms with Crippen LogP contribution in [-0.4, -0.2) is 38.8 Å². The quantitative estimate of drug-likeness (QED) is 0.620. The van der Waals surface area contributed by atoms with Crippen LogP contribution in [0.2, 0.25) is 5.02 Å². The van der Waals surface area contributed by atoms with E-state index in [0.29, 0.717) is 11.1 Å². The van der Waals surface area contributed by atoms with E-state index in [0.717, 1.165) is 17.2 Å². The third-order valence-corrected chi connectivity index (χ3v) is 5.16. The number of hydrogen-bond acceptors (Lipinski definition) is 6. The number of nitrogens with two attached hydrogens (primary N) is 1. The maximum absolute atomic E-state index is 13.3. The van der Waals surface area contributed by atoms with Crippen LogP contribution in [0.5, 0.6) is 0 Å². The molecule has 0 fully saturated rings. The molecule has 0 spiro atoms. The molecule has 3 heterocycles. The molecule has 7 nitrogen and oxygen atoms in total. The molecule has 31 heavy (non-hydrogen) atoms. The van der Waals surface area contributed by atoms with Crippen LogP contribution in [0, 0.1) is 6.08 Å². The molecular weight excluding hydrogens is 433 g/mol. The Morgan fingerprint density at radius 1 is 1.03 bits per heavy atom. The Kier molecular flexibility index (Phi) is 5.10. The Labute approximate surface area is 179 Å². The fourth-order valence-electron chi connectivity index (χ4n) is 3.39. The molecule has 1 aliphatic heterocycles. The number of hydrogen-bond donors (Lipinski definition) is 1. The molecule has 1 amide bonds. The van der Waals surface area contributed by atoms with Crippen LogP contribution in [0.15, 0.2) is 54.0 Å². The lowest BCUT2D eigenvalue weighted by Crippen LogP contribution is -2.41. The Balaban J connectivity index is 1.97. The summed E-state index contributed by atoms with van der Waals surface area (Å²) < 4.78 is 39.8. The maximum Gasteiger partial charge on any atom is 0.308 e. The van der Waals surface area contributed by atoms with Crippen molar-refractivity contribution in [3.63, 3.8) is 0 Å². The monoisotopic (exact) mass is 446 g/mol. The summed E-state index contributed by atoms with van der Waals surface area (Å²) in [5, 5.41) is 0.227. The summed E-state index contributed by atoms with van der Waals surface area (Å²) in [6, 6.07) is 5.79. The number of aliphatic imine (C=N–C) groups is 1. The van der Waals surface area contributed by atoms with E-state index in [1.54, 1.807) is 12.1 Å². The Bertz CT molecular complexity index is 1200. The molecule has 2 aromatic heterocycles. The SMILES string of the molecule is CN1C(=O)C(c2cc(Cl)cc(-c3cnc(F)nc3)c2)(c2cncc(C(F)F)c2)N=C1N. The smallest absolute Gasteiger partial charge is 0.308 e. The second-order valence-electron chi connectivity index (χ2n) is 6.82. The largest absolute Gasteiger partial charge is 0.369 e. The highest BCUT2D eigenvalue weighted by atomic mass is 35.5.